The van der Waals surface area contributed by atoms with Crippen molar-refractivity contribution >= 4 is 86.6 Å². The molecule has 0 unspecified atom stereocenters. The summed E-state index contributed by atoms with van der Waals surface area (Å²) < 4.78 is 6.86. The fraction of sp³-hybridized carbons (Fsp3) is 0. The maximum Gasteiger partial charge on any atom is 0.143 e. The Morgan fingerprint density at radius 2 is 0.915 bits per heavy atom. The van der Waals surface area contributed by atoms with Crippen LogP contribution in [0.25, 0.3) is 109 Å². The van der Waals surface area contributed by atoms with Gasteiger partial charge in [0.15, 0.2) is 0 Å². The molecule has 1 aromatic heterocycles. The van der Waals surface area contributed by atoms with Crippen molar-refractivity contribution in [3.8, 4) is 22.3 Å². The van der Waals surface area contributed by atoms with Crippen LogP contribution in [-0.4, -0.2) is 0 Å². The number of benzene rings is 10. The summed E-state index contributed by atoms with van der Waals surface area (Å²) in [7, 11) is 0. The van der Waals surface area contributed by atoms with E-state index in [9.17, 15) is 0 Å². The van der Waals surface area contributed by atoms with Crippen molar-refractivity contribution < 1.29 is 4.42 Å². The molecule has 1 nitrogen and oxygen atoms in total. The van der Waals surface area contributed by atoms with Gasteiger partial charge in [0.25, 0.3) is 0 Å². The SMILES string of the molecule is c1ccc2cc3c(cc2c1)oc1c(-c2ccc4ccc5cccc6ccc2c4c56)cc(-c2ccc4ccc5ccccc5c4c2)cc13. The molecule has 0 aliphatic rings. The molecule has 216 valence electrons. The Morgan fingerprint density at radius 1 is 0.298 bits per heavy atom. The summed E-state index contributed by atoms with van der Waals surface area (Å²) in [6, 6.07) is 58.0. The maximum absolute atomic E-state index is 6.86. The molecule has 10 aromatic carbocycles. The first-order valence-corrected chi connectivity index (χ1v) is 16.2. The molecule has 0 N–H and O–H groups in total. The summed E-state index contributed by atoms with van der Waals surface area (Å²) in [6.45, 7) is 0. The molecule has 1 heterocycles. The third-order valence-corrected chi connectivity index (χ3v) is 10.3. The van der Waals surface area contributed by atoms with E-state index in [-0.39, 0.29) is 0 Å². The monoisotopic (exact) mass is 594 g/mol. The first-order chi connectivity index (χ1) is 23.3. The van der Waals surface area contributed by atoms with E-state index < -0.39 is 0 Å². The Kier molecular flexibility index (Phi) is 4.90. The Hall–Kier alpha value is -6.18. The lowest BCUT2D eigenvalue weighted by atomic mass is 9.88. The predicted octanol–water partition coefficient (Wildman–Crippen LogP) is 13.3. The summed E-state index contributed by atoms with van der Waals surface area (Å²) in [5.74, 6) is 0. The van der Waals surface area contributed by atoms with Crippen LogP contribution >= 0.6 is 0 Å². The van der Waals surface area contributed by atoms with Crippen molar-refractivity contribution in [3.63, 3.8) is 0 Å². The fourth-order valence-corrected chi connectivity index (χ4v) is 8.08. The minimum absolute atomic E-state index is 0.916. The smallest absolute Gasteiger partial charge is 0.143 e. The van der Waals surface area contributed by atoms with Gasteiger partial charge < -0.3 is 4.42 Å². The van der Waals surface area contributed by atoms with Crippen LogP contribution in [0, 0.1) is 0 Å². The quantitative estimate of drug-likeness (QED) is 0.182. The van der Waals surface area contributed by atoms with Gasteiger partial charge in [-0.2, -0.15) is 0 Å². The highest BCUT2D eigenvalue weighted by Gasteiger charge is 2.19. The average molecular weight is 595 g/mol. The predicted molar refractivity (Wildman–Crippen MR) is 201 cm³/mol. The third-order valence-electron chi connectivity index (χ3n) is 10.3. The average Bonchev–Trinajstić information content (AvgIpc) is 3.49. The normalized spacial score (nSPS) is 12.3. The third kappa shape index (κ3) is 3.54. The van der Waals surface area contributed by atoms with Crippen LogP contribution in [0.15, 0.2) is 162 Å². The number of rotatable bonds is 2. The highest BCUT2D eigenvalue weighted by molar-refractivity contribution is 6.27. The Bertz CT molecular complexity index is 3050. The van der Waals surface area contributed by atoms with Crippen LogP contribution in [0.5, 0.6) is 0 Å². The lowest BCUT2D eigenvalue weighted by Crippen LogP contribution is -1.89. The molecule has 0 saturated carbocycles. The van der Waals surface area contributed by atoms with Crippen LogP contribution in [0.1, 0.15) is 0 Å². The van der Waals surface area contributed by atoms with Crippen molar-refractivity contribution in [2.24, 2.45) is 0 Å². The molecule has 0 fully saturated rings. The van der Waals surface area contributed by atoms with Crippen LogP contribution in [0.3, 0.4) is 0 Å². The van der Waals surface area contributed by atoms with Crippen LogP contribution in [0.4, 0.5) is 0 Å². The van der Waals surface area contributed by atoms with Gasteiger partial charge in [-0.05, 0) is 112 Å². The highest BCUT2D eigenvalue weighted by atomic mass is 16.3. The highest BCUT2D eigenvalue weighted by Crippen LogP contribution is 2.45. The molecule has 11 rings (SSSR count). The Balaban J connectivity index is 1.26. The van der Waals surface area contributed by atoms with Crippen molar-refractivity contribution in [1.29, 1.82) is 0 Å². The lowest BCUT2D eigenvalue weighted by molar-refractivity contribution is 0.670. The Labute approximate surface area is 270 Å². The maximum atomic E-state index is 6.86. The second-order valence-corrected chi connectivity index (χ2v) is 12.9. The number of hydrogen-bond acceptors (Lipinski definition) is 1. The van der Waals surface area contributed by atoms with Crippen LogP contribution in [-0.2, 0) is 0 Å². The van der Waals surface area contributed by atoms with E-state index in [1.54, 1.807) is 0 Å². The molecular formula is C46H26O. The number of hydrogen-bond donors (Lipinski definition) is 0. The zero-order valence-corrected chi connectivity index (χ0v) is 25.4. The Morgan fingerprint density at radius 3 is 1.77 bits per heavy atom. The minimum Gasteiger partial charge on any atom is -0.455 e. The molecule has 0 amide bonds. The van der Waals surface area contributed by atoms with E-state index in [0.717, 1.165) is 27.5 Å². The van der Waals surface area contributed by atoms with Gasteiger partial charge in [0, 0.05) is 16.3 Å². The van der Waals surface area contributed by atoms with Crippen LogP contribution < -0.4 is 0 Å². The molecule has 0 atom stereocenters. The molecule has 1 heteroatoms. The molecule has 0 radical (unpaired) electrons. The number of fused-ring (bicyclic) bond motifs is 7. The van der Waals surface area contributed by atoms with Gasteiger partial charge in [0.05, 0.1) is 0 Å². The molecule has 0 bridgehead atoms. The molecule has 47 heavy (non-hydrogen) atoms. The van der Waals surface area contributed by atoms with E-state index in [0.29, 0.717) is 0 Å². The molecule has 11 aromatic rings. The van der Waals surface area contributed by atoms with Gasteiger partial charge in [-0.1, -0.05) is 127 Å². The van der Waals surface area contributed by atoms with Gasteiger partial charge in [-0.3, -0.25) is 0 Å². The summed E-state index contributed by atoms with van der Waals surface area (Å²) >= 11 is 0. The van der Waals surface area contributed by atoms with Gasteiger partial charge >= 0.3 is 0 Å². The van der Waals surface area contributed by atoms with E-state index in [4.69, 9.17) is 4.42 Å². The molecular weight excluding hydrogens is 569 g/mol. The van der Waals surface area contributed by atoms with Crippen LogP contribution in [0.2, 0.25) is 0 Å². The summed E-state index contributed by atoms with van der Waals surface area (Å²) in [6.07, 6.45) is 0. The van der Waals surface area contributed by atoms with E-state index in [2.05, 4.69) is 158 Å². The van der Waals surface area contributed by atoms with Gasteiger partial charge in [0.2, 0.25) is 0 Å². The summed E-state index contributed by atoms with van der Waals surface area (Å²) in [5, 5.41) is 17.4. The molecule has 0 aliphatic heterocycles. The van der Waals surface area contributed by atoms with Gasteiger partial charge in [0.1, 0.15) is 11.2 Å². The van der Waals surface area contributed by atoms with Gasteiger partial charge in [-0.25, -0.2) is 0 Å². The summed E-state index contributed by atoms with van der Waals surface area (Å²) in [4.78, 5) is 0. The zero-order chi connectivity index (χ0) is 30.6. The van der Waals surface area contributed by atoms with E-state index in [1.165, 1.54) is 81.3 Å². The first-order valence-electron chi connectivity index (χ1n) is 16.2. The van der Waals surface area contributed by atoms with E-state index >= 15 is 0 Å². The molecule has 0 saturated heterocycles. The second-order valence-electron chi connectivity index (χ2n) is 12.9. The first kappa shape index (κ1) is 25.1. The fourth-order valence-electron chi connectivity index (χ4n) is 8.08. The molecule has 0 spiro atoms. The van der Waals surface area contributed by atoms with E-state index in [1.807, 2.05) is 0 Å². The zero-order valence-electron chi connectivity index (χ0n) is 25.4. The van der Waals surface area contributed by atoms with Gasteiger partial charge in [-0.15, -0.1) is 0 Å². The standard InChI is InChI=1S/C46H26O/c1-2-8-33-26-43-40(23-32(33)7-1)42-25-35(34-17-14-28-13-12-27-6-3-4-11-36(27)39(28)22-34)24-41(46(42)47-43)37-20-18-31-16-15-29-9-5-10-30-19-21-38(37)45(31)44(29)30/h1-26H. The largest absolute Gasteiger partial charge is 0.455 e. The number of furan rings is 1. The summed E-state index contributed by atoms with van der Waals surface area (Å²) in [5.41, 5.74) is 6.54. The van der Waals surface area contributed by atoms with Crippen molar-refractivity contribution in [3.05, 3.63) is 158 Å². The minimum atomic E-state index is 0.916. The molecule has 0 aliphatic carbocycles. The topological polar surface area (TPSA) is 13.1 Å². The van der Waals surface area contributed by atoms with Crippen molar-refractivity contribution in [2.75, 3.05) is 0 Å². The van der Waals surface area contributed by atoms with Crippen molar-refractivity contribution in [2.45, 2.75) is 0 Å². The second kappa shape index (κ2) is 9.19. The lowest BCUT2D eigenvalue weighted by Gasteiger charge is -2.15. The van der Waals surface area contributed by atoms with Crippen molar-refractivity contribution in [1.82, 2.24) is 0 Å².